The molecular formula is C19H21ClN2O3. The molecule has 1 aliphatic heterocycles. The Morgan fingerprint density at radius 3 is 2.60 bits per heavy atom. The van der Waals surface area contributed by atoms with Crippen LogP contribution < -0.4 is 19.7 Å². The Bertz CT molecular complexity index is 775. The van der Waals surface area contributed by atoms with Gasteiger partial charge >= 0.3 is 0 Å². The average Bonchev–Trinajstić information content (AvgIpc) is 3.06. The zero-order chi connectivity index (χ0) is 18.0. The van der Waals surface area contributed by atoms with Crippen LogP contribution in [0.25, 0.3) is 0 Å². The van der Waals surface area contributed by atoms with E-state index in [1.165, 1.54) is 0 Å². The molecule has 1 N–H and O–H groups in total. The Hall–Kier alpha value is -2.40. The van der Waals surface area contributed by atoms with E-state index in [0.29, 0.717) is 28.1 Å². The van der Waals surface area contributed by atoms with Gasteiger partial charge in [-0.05, 0) is 57.2 Å². The maximum atomic E-state index is 12.5. The topological polar surface area (TPSA) is 50.8 Å². The van der Waals surface area contributed by atoms with Gasteiger partial charge in [-0.1, -0.05) is 11.6 Å². The molecule has 0 bridgehead atoms. The summed E-state index contributed by atoms with van der Waals surface area (Å²) in [6.07, 6.45) is 0. The normalized spacial score (nSPS) is 12.4. The molecule has 0 spiro atoms. The molecule has 1 aliphatic rings. The van der Waals surface area contributed by atoms with E-state index in [1.807, 2.05) is 24.3 Å². The zero-order valence-corrected chi connectivity index (χ0v) is 15.3. The lowest BCUT2D eigenvalue weighted by Gasteiger charge is -2.27. The lowest BCUT2D eigenvalue weighted by atomic mass is 10.1. The van der Waals surface area contributed by atoms with Gasteiger partial charge in [0, 0.05) is 29.5 Å². The Kier molecular flexibility index (Phi) is 5.04. The first-order valence-corrected chi connectivity index (χ1v) is 8.64. The molecule has 0 aliphatic carbocycles. The fourth-order valence-electron chi connectivity index (χ4n) is 2.88. The molecule has 0 unspecified atom stereocenters. The Morgan fingerprint density at radius 2 is 1.96 bits per heavy atom. The highest BCUT2D eigenvalue weighted by Crippen LogP contribution is 2.39. The Labute approximate surface area is 152 Å². The number of halogens is 1. The number of rotatable bonds is 5. The van der Waals surface area contributed by atoms with Crippen molar-refractivity contribution < 1.29 is 14.3 Å². The van der Waals surface area contributed by atoms with Crippen molar-refractivity contribution in [3.8, 4) is 11.5 Å². The molecule has 1 amide bonds. The zero-order valence-electron chi connectivity index (χ0n) is 14.5. The van der Waals surface area contributed by atoms with Crippen LogP contribution in [0, 0.1) is 0 Å². The molecule has 1 heterocycles. The number of nitrogens with one attached hydrogen (secondary N) is 1. The second-order valence-electron chi connectivity index (χ2n) is 6.07. The van der Waals surface area contributed by atoms with Gasteiger partial charge in [0.25, 0.3) is 5.91 Å². The van der Waals surface area contributed by atoms with Crippen LogP contribution >= 0.6 is 11.6 Å². The van der Waals surface area contributed by atoms with E-state index in [4.69, 9.17) is 21.1 Å². The second-order valence-corrected chi connectivity index (χ2v) is 6.48. The predicted molar refractivity (Wildman–Crippen MR) is 100 cm³/mol. The van der Waals surface area contributed by atoms with Crippen LogP contribution in [0.5, 0.6) is 11.5 Å². The quantitative estimate of drug-likeness (QED) is 0.849. The maximum Gasteiger partial charge on any atom is 0.255 e. The van der Waals surface area contributed by atoms with Gasteiger partial charge in [0.05, 0.1) is 5.02 Å². The van der Waals surface area contributed by atoms with Crippen LogP contribution in [0.15, 0.2) is 36.4 Å². The highest BCUT2D eigenvalue weighted by molar-refractivity contribution is 6.32. The van der Waals surface area contributed by atoms with Gasteiger partial charge in [0.2, 0.25) is 6.79 Å². The van der Waals surface area contributed by atoms with Crippen LogP contribution in [0.1, 0.15) is 31.1 Å². The third-order valence-corrected chi connectivity index (χ3v) is 4.39. The monoisotopic (exact) mass is 360 g/mol. The first-order chi connectivity index (χ1) is 12.0. The summed E-state index contributed by atoms with van der Waals surface area (Å²) < 4.78 is 10.6. The summed E-state index contributed by atoms with van der Waals surface area (Å²) >= 11 is 6.13. The Balaban J connectivity index is 1.74. The van der Waals surface area contributed by atoms with Crippen LogP contribution in [-0.4, -0.2) is 25.3 Å². The van der Waals surface area contributed by atoms with E-state index in [2.05, 4.69) is 31.0 Å². The van der Waals surface area contributed by atoms with E-state index in [1.54, 1.807) is 12.1 Å². The third kappa shape index (κ3) is 3.66. The molecule has 3 rings (SSSR count). The predicted octanol–water partition coefficient (Wildman–Crippen LogP) is 4.56. The Morgan fingerprint density at radius 1 is 1.24 bits per heavy atom. The van der Waals surface area contributed by atoms with Crippen molar-refractivity contribution >= 4 is 28.9 Å². The number of carbonyl (C=O) groups excluding carboxylic acids is 1. The van der Waals surface area contributed by atoms with Crippen molar-refractivity contribution in [2.24, 2.45) is 0 Å². The first-order valence-electron chi connectivity index (χ1n) is 8.26. The molecule has 0 saturated carbocycles. The van der Waals surface area contributed by atoms with Gasteiger partial charge in [-0.25, -0.2) is 0 Å². The van der Waals surface area contributed by atoms with Gasteiger partial charge < -0.3 is 19.7 Å². The fourth-order valence-corrected chi connectivity index (χ4v) is 3.15. The molecule has 25 heavy (non-hydrogen) atoms. The van der Waals surface area contributed by atoms with Gasteiger partial charge in [-0.15, -0.1) is 0 Å². The molecule has 0 aromatic heterocycles. The summed E-state index contributed by atoms with van der Waals surface area (Å²) in [6.45, 7) is 7.48. The van der Waals surface area contributed by atoms with Crippen molar-refractivity contribution in [3.05, 3.63) is 47.0 Å². The number of hydrogen-bond acceptors (Lipinski definition) is 4. The minimum atomic E-state index is -0.246. The standard InChI is InChI=1S/C19H21ClN2O3/c1-4-22(12(2)3)15-7-5-14(6-8-15)21-19(23)13-9-16(20)18-17(10-13)24-11-25-18/h5-10,12H,4,11H2,1-3H3,(H,21,23). The summed E-state index contributed by atoms with van der Waals surface area (Å²) in [5, 5.41) is 3.24. The number of carbonyl (C=O) groups is 1. The van der Waals surface area contributed by atoms with E-state index in [9.17, 15) is 4.79 Å². The van der Waals surface area contributed by atoms with Gasteiger partial charge in [0.15, 0.2) is 11.5 Å². The second kappa shape index (κ2) is 7.23. The van der Waals surface area contributed by atoms with Crippen molar-refractivity contribution in [1.82, 2.24) is 0 Å². The SMILES string of the molecule is CCN(c1ccc(NC(=O)c2cc(Cl)c3c(c2)OCO3)cc1)C(C)C. The summed E-state index contributed by atoms with van der Waals surface area (Å²) in [7, 11) is 0. The maximum absolute atomic E-state index is 12.5. The molecule has 132 valence electrons. The lowest BCUT2D eigenvalue weighted by Crippen LogP contribution is -2.30. The van der Waals surface area contributed by atoms with Crippen LogP contribution in [0.3, 0.4) is 0 Å². The number of amides is 1. The highest BCUT2D eigenvalue weighted by atomic mass is 35.5. The largest absolute Gasteiger partial charge is 0.454 e. The molecule has 6 heteroatoms. The number of nitrogens with zero attached hydrogens (tertiary/aromatic N) is 1. The van der Waals surface area contributed by atoms with Crippen molar-refractivity contribution in [1.29, 1.82) is 0 Å². The van der Waals surface area contributed by atoms with E-state index >= 15 is 0 Å². The molecule has 5 nitrogen and oxygen atoms in total. The van der Waals surface area contributed by atoms with Gasteiger partial charge in [0.1, 0.15) is 0 Å². The number of anilines is 2. The number of ether oxygens (including phenoxy) is 2. The molecule has 2 aromatic carbocycles. The van der Waals surface area contributed by atoms with Crippen LogP contribution in [-0.2, 0) is 0 Å². The molecule has 0 atom stereocenters. The van der Waals surface area contributed by atoms with Crippen molar-refractivity contribution in [2.75, 3.05) is 23.6 Å². The smallest absolute Gasteiger partial charge is 0.255 e. The number of fused-ring (bicyclic) bond motifs is 1. The van der Waals surface area contributed by atoms with E-state index in [-0.39, 0.29) is 12.7 Å². The third-order valence-electron chi connectivity index (χ3n) is 4.11. The molecule has 0 fully saturated rings. The minimum Gasteiger partial charge on any atom is -0.454 e. The minimum absolute atomic E-state index is 0.116. The first kappa shape index (κ1) is 17.4. The molecule has 0 radical (unpaired) electrons. The van der Waals surface area contributed by atoms with Gasteiger partial charge in [-0.2, -0.15) is 0 Å². The van der Waals surface area contributed by atoms with Crippen LogP contribution in [0.4, 0.5) is 11.4 Å². The fraction of sp³-hybridized carbons (Fsp3) is 0.316. The van der Waals surface area contributed by atoms with Crippen LogP contribution in [0.2, 0.25) is 5.02 Å². The van der Waals surface area contributed by atoms with Crippen molar-refractivity contribution in [2.45, 2.75) is 26.8 Å². The summed E-state index contributed by atoms with van der Waals surface area (Å²) in [5.41, 5.74) is 2.28. The summed E-state index contributed by atoms with van der Waals surface area (Å²) in [4.78, 5) is 14.8. The average molecular weight is 361 g/mol. The summed E-state index contributed by atoms with van der Waals surface area (Å²) in [5.74, 6) is 0.726. The van der Waals surface area contributed by atoms with Gasteiger partial charge in [-0.3, -0.25) is 4.79 Å². The van der Waals surface area contributed by atoms with E-state index in [0.717, 1.165) is 17.9 Å². The molecule has 2 aromatic rings. The molecule has 0 saturated heterocycles. The van der Waals surface area contributed by atoms with Crippen molar-refractivity contribution in [3.63, 3.8) is 0 Å². The highest BCUT2D eigenvalue weighted by Gasteiger charge is 2.20. The number of hydrogen-bond donors (Lipinski definition) is 1. The molecular weight excluding hydrogens is 340 g/mol. The summed E-state index contributed by atoms with van der Waals surface area (Å²) in [6, 6.07) is 11.4. The van der Waals surface area contributed by atoms with E-state index < -0.39 is 0 Å². The lowest BCUT2D eigenvalue weighted by molar-refractivity contribution is 0.102. The number of benzene rings is 2.